The van der Waals surface area contributed by atoms with E-state index in [9.17, 15) is 8.42 Å². The minimum atomic E-state index is -3.32. The van der Waals surface area contributed by atoms with Crippen LogP contribution in [0.3, 0.4) is 0 Å². The SMILES string of the molecule is COCC1CCN(S(=O)(=O)c2ccc(CNC3CC3)s2)C1. The third kappa shape index (κ3) is 3.65. The molecule has 118 valence electrons. The topological polar surface area (TPSA) is 58.6 Å². The number of methoxy groups -OCH3 is 1. The number of hydrogen-bond acceptors (Lipinski definition) is 5. The van der Waals surface area contributed by atoms with Gasteiger partial charge in [0.05, 0.1) is 6.61 Å². The lowest BCUT2D eigenvalue weighted by Crippen LogP contribution is -2.28. The lowest BCUT2D eigenvalue weighted by atomic mass is 10.1. The average Bonchev–Trinajstić information content (AvgIpc) is 2.97. The summed E-state index contributed by atoms with van der Waals surface area (Å²) in [4.78, 5) is 1.09. The van der Waals surface area contributed by atoms with Crippen LogP contribution in [0, 0.1) is 5.92 Å². The largest absolute Gasteiger partial charge is 0.384 e. The number of sulfonamides is 1. The molecule has 1 aromatic rings. The zero-order valence-electron chi connectivity index (χ0n) is 12.2. The van der Waals surface area contributed by atoms with Gasteiger partial charge in [0.1, 0.15) is 4.21 Å². The molecule has 0 aromatic carbocycles. The van der Waals surface area contributed by atoms with E-state index in [-0.39, 0.29) is 0 Å². The lowest BCUT2D eigenvalue weighted by Gasteiger charge is -2.15. The standard InChI is InChI=1S/C14H22N2O3S2/c1-19-10-11-6-7-16(9-11)21(17,18)14-5-4-13(20-14)8-15-12-2-3-12/h4-5,11-12,15H,2-3,6-10H2,1H3. The van der Waals surface area contributed by atoms with Gasteiger partial charge in [0, 0.05) is 37.7 Å². The minimum Gasteiger partial charge on any atom is -0.384 e. The highest BCUT2D eigenvalue weighted by Gasteiger charge is 2.33. The fourth-order valence-corrected chi connectivity index (χ4v) is 5.63. The van der Waals surface area contributed by atoms with Gasteiger partial charge in [0.15, 0.2) is 0 Å². The van der Waals surface area contributed by atoms with Crippen LogP contribution in [-0.2, 0) is 21.3 Å². The van der Waals surface area contributed by atoms with Gasteiger partial charge in [-0.05, 0) is 37.3 Å². The molecule has 2 aliphatic rings. The van der Waals surface area contributed by atoms with Crippen LogP contribution in [0.15, 0.2) is 16.3 Å². The Labute approximate surface area is 130 Å². The fraction of sp³-hybridized carbons (Fsp3) is 0.714. The summed E-state index contributed by atoms with van der Waals surface area (Å²) in [5, 5.41) is 3.42. The van der Waals surface area contributed by atoms with Crippen LogP contribution in [0.2, 0.25) is 0 Å². The summed E-state index contributed by atoms with van der Waals surface area (Å²) in [7, 11) is -1.66. The van der Waals surface area contributed by atoms with Gasteiger partial charge >= 0.3 is 0 Å². The molecule has 2 fully saturated rings. The number of nitrogens with zero attached hydrogens (tertiary/aromatic N) is 1. The Hall–Kier alpha value is -0.470. The zero-order valence-corrected chi connectivity index (χ0v) is 13.9. The normalized spacial score (nSPS) is 23.8. The Balaban J connectivity index is 1.64. The summed E-state index contributed by atoms with van der Waals surface area (Å²) in [6.45, 7) is 2.58. The molecule has 0 radical (unpaired) electrons. The maximum absolute atomic E-state index is 12.6. The fourth-order valence-electron chi connectivity index (χ4n) is 2.64. The van der Waals surface area contributed by atoms with E-state index in [1.54, 1.807) is 17.5 Å². The molecule has 0 bridgehead atoms. The molecule has 21 heavy (non-hydrogen) atoms. The first kappa shape index (κ1) is 15.4. The molecule has 0 spiro atoms. The van der Waals surface area contributed by atoms with Crippen LogP contribution in [-0.4, -0.2) is 45.6 Å². The van der Waals surface area contributed by atoms with Gasteiger partial charge in [-0.15, -0.1) is 11.3 Å². The van der Waals surface area contributed by atoms with Crippen LogP contribution in [0.5, 0.6) is 0 Å². The second-order valence-electron chi connectivity index (χ2n) is 5.85. The quantitative estimate of drug-likeness (QED) is 0.826. The van der Waals surface area contributed by atoms with Gasteiger partial charge in [-0.25, -0.2) is 8.42 Å². The van der Waals surface area contributed by atoms with E-state index in [2.05, 4.69) is 5.32 Å². The number of nitrogens with one attached hydrogen (secondary N) is 1. The Morgan fingerprint density at radius 3 is 2.90 bits per heavy atom. The van der Waals surface area contributed by atoms with Crippen LogP contribution in [0.1, 0.15) is 24.1 Å². The highest BCUT2D eigenvalue weighted by atomic mass is 32.2. The maximum atomic E-state index is 12.6. The van der Waals surface area contributed by atoms with Crippen molar-refractivity contribution in [2.45, 2.75) is 36.1 Å². The monoisotopic (exact) mass is 330 g/mol. The molecule has 7 heteroatoms. The number of thiophene rings is 1. The van der Waals surface area contributed by atoms with Gasteiger partial charge in [-0.3, -0.25) is 0 Å². The van der Waals surface area contributed by atoms with Crippen molar-refractivity contribution >= 4 is 21.4 Å². The molecular formula is C14H22N2O3S2. The van der Waals surface area contributed by atoms with E-state index in [0.29, 0.717) is 35.9 Å². The predicted octanol–water partition coefficient (Wildman–Crippen LogP) is 1.66. The molecule has 3 rings (SSSR count). The molecule has 1 aromatic heterocycles. The first-order valence-corrected chi connectivity index (χ1v) is 9.66. The second kappa shape index (κ2) is 6.34. The maximum Gasteiger partial charge on any atom is 0.252 e. The Morgan fingerprint density at radius 1 is 1.38 bits per heavy atom. The molecule has 1 aliphatic heterocycles. The van der Waals surface area contributed by atoms with Crippen molar-refractivity contribution in [1.29, 1.82) is 0 Å². The first-order valence-electron chi connectivity index (χ1n) is 7.41. The molecule has 0 amide bonds. The third-order valence-corrected chi connectivity index (χ3v) is 7.44. The van der Waals surface area contributed by atoms with Crippen molar-refractivity contribution < 1.29 is 13.2 Å². The van der Waals surface area contributed by atoms with Crippen LogP contribution >= 0.6 is 11.3 Å². The van der Waals surface area contributed by atoms with Crippen molar-refractivity contribution in [3.05, 3.63) is 17.0 Å². The summed E-state index contributed by atoms with van der Waals surface area (Å²) in [6, 6.07) is 4.31. The zero-order chi connectivity index (χ0) is 14.9. The van der Waals surface area contributed by atoms with Crippen LogP contribution < -0.4 is 5.32 Å². The van der Waals surface area contributed by atoms with Crippen LogP contribution in [0.4, 0.5) is 0 Å². The molecule has 1 saturated heterocycles. The van der Waals surface area contributed by atoms with Gasteiger partial charge in [-0.1, -0.05) is 0 Å². The van der Waals surface area contributed by atoms with Gasteiger partial charge in [0.25, 0.3) is 10.0 Å². The second-order valence-corrected chi connectivity index (χ2v) is 9.18. The Morgan fingerprint density at radius 2 is 2.19 bits per heavy atom. The van der Waals surface area contributed by atoms with Crippen LogP contribution in [0.25, 0.3) is 0 Å². The van der Waals surface area contributed by atoms with Gasteiger partial charge in [-0.2, -0.15) is 4.31 Å². The number of ether oxygens (including phenoxy) is 1. The summed E-state index contributed by atoms with van der Waals surface area (Å²) < 4.78 is 32.4. The van der Waals surface area contributed by atoms with Crippen molar-refractivity contribution in [2.24, 2.45) is 5.92 Å². The highest BCUT2D eigenvalue weighted by Crippen LogP contribution is 2.29. The van der Waals surface area contributed by atoms with Crippen molar-refractivity contribution in [1.82, 2.24) is 9.62 Å². The highest BCUT2D eigenvalue weighted by molar-refractivity contribution is 7.91. The smallest absolute Gasteiger partial charge is 0.252 e. The Bertz CT molecular complexity index is 581. The average molecular weight is 330 g/mol. The molecule has 5 nitrogen and oxygen atoms in total. The lowest BCUT2D eigenvalue weighted by molar-refractivity contribution is 0.157. The molecule has 2 heterocycles. The van der Waals surface area contributed by atoms with E-state index >= 15 is 0 Å². The summed E-state index contributed by atoms with van der Waals surface area (Å²) in [5.41, 5.74) is 0. The molecule has 1 aliphatic carbocycles. The molecule has 1 atom stereocenters. The summed E-state index contributed by atoms with van der Waals surface area (Å²) in [6.07, 6.45) is 3.37. The predicted molar refractivity (Wildman–Crippen MR) is 82.9 cm³/mol. The first-order chi connectivity index (χ1) is 10.1. The molecular weight excluding hydrogens is 308 g/mol. The molecule has 1 unspecified atom stereocenters. The minimum absolute atomic E-state index is 0.320. The van der Waals surface area contributed by atoms with Crippen molar-refractivity contribution in [3.8, 4) is 0 Å². The summed E-state index contributed by atoms with van der Waals surface area (Å²) >= 11 is 1.39. The Kier molecular flexibility index (Phi) is 4.66. The number of rotatable bonds is 7. The van der Waals surface area contributed by atoms with E-state index < -0.39 is 10.0 Å². The van der Waals surface area contributed by atoms with E-state index in [1.165, 1.54) is 24.2 Å². The molecule has 1 N–H and O–H groups in total. The van der Waals surface area contributed by atoms with E-state index in [1.807, 2.05) is 6.07 Å². The number of hydrogen-bond donors (Lipinski definition) is 1. The molecule has 1 saturated carbocycles. The van der Waals surface area contributed by atoms with Gasteiger partial charge < -0.3 is 10.1 Å². The third-order valence-electron chi connectivity index (χ3n) is 4.02. The van der Waals surface area contributed by atoms with E-state index in [4.69, 9.17) is 4.74 Å². The van der Waals surface area contributed by atoms with E-state index in [0.717, 1.165) is 17.8 Å². The van der Waals surface area contributed by atoms with Gasteiger partial charge in [0.2, 0.25) is 0 Å². The van der Waals surface area contributed by atoms with Crippen molar-refractivity contribution in [3.63, 3.8) is 0 Å². The summed E-state index contributed by atoms with van der Waals surface area (Å²) in [5.74, 6) is 0.320. The van der Waals surface area contributed by atoms with Crippen molar-refractivity contribution in [2.75, 3.05) is 26.8 Å².